The second kappa shape index (κ2) is 5.01. The number of nitrogens with one attached hydrogen (secondary N) is 1. The summed E-state index contributed by atoms with van der Waals surface area (Å²) in [5.74, 6) is 0. The topological polar surface area (TPSA) is 12.0 Å². The van der Waals surface area contributed by atoms with Gasteiger partial charge in [0.1, 0.15) is 0 Å². The van der Waals surface area contributed by atoms with Crippen molar-refractivity contribution in [2.24, 2.45) is 0 Å². The highest BCUT2D eigenvalue weighted by atomic mass is 35.5. The quantitative estimate of drug-likeness (QED) is 0.694. The molecule has 0 saturated heterocycles. The first-order valence-electron chi connectivity index (χ1n) is 5.79. The van der Waals surface area contributed by atoms with Crippen LogP contribution >= 0.6 is 22.9 Å². The van der Waals surface area contributed by atoms with Gasteiger partial charge in [0, 0.05) is 20.7 Å². The molecular weight excluding hydrogens is 262 g/mol. The fourth-order valence-corrected chi connectivity index (χ4v) is 3.36. The lowest BCUT2D eigenvalue weighted by molar-refractivity contribution is 1.19. The van der Waals surface area contributed by atoms with Crippen molar-refractivity contribution in [3.8, 4) is 0 Å². The zero-order valence-electron chi connectivity index (χ0n) is 9.69. The van der Waals surface area contributed by atoms with Crippen molar-refractivity contribution >= 4 is 38.7 Å². The predicted molar refractivity (Wildman–Crippen MR) is 80.6 cm³/mol. The van der Waals surface area contributed by atoms with Crippen LogP contribution in [0.15, 0.2) is 54.6 Å². The van der Waals surface area contributed by atoms with Gasteiger partial charge < -0.3 is 5.32 Å². The summed E-state index contributed by atoms with van der Waals surface area (Å²) in [6.45, 7) is 0.766. The number of hydrogen-bond donors (Lipinski definition) is 1. The highest BCUT2D eigenvalue weighted by Gasteiger charge is 2.08. The molecule has 90 valence electrons. The summed E-state index contributed by atoms with van der Waals surface area (Å²) in [4.78, 5) is 1.18. The molecule has 0 amide bonds. The smallest absolute Gasteiger partial charge is 0.0642 e. The molecule has 0 aliphatic heterocycles. The molecular formula is C15H12ClNS. The number of anilines is 1. The molecule has 0 aliphatic carbocycles. The number of benzene rings is 2. The Balaban J connectivity index is 1.85. The normalized spacial score (nSPS) is 10.7. The van der Waals surface area contributed by atoms with Gasteiger partial charge in [-0.15, -0.1) is 11.3 Å². The third-order valence-corrected chi connectivity index (χ3v) is 4.54. The van der Waals surface area contributed by atoms with Crippen molar-refractivity contribution in [1.82, 2.24) is 0 Å². The molecule has 0 bridgehead atoms. The van der Waals surface area contributed by atoms with Crippen LogP contribution in [0.5, 0.6) is 0 Å². The number of rotatable bonds is 3. The molecule has 0 atom stereocenters. The van der Waals surface area contributed by atoms with Crippen molar-refractivity contribution in [2.75, 3.05) is 5.32 Å². The Morgan fingerprint density at radius 3 is 2.44 bits per heavy atom. The standard InChI is InChI=1S/C15H12ClNS/c16-15-12-8-4-5-9-13(12)18-14(15)10-17-11-6-2-1-3-7-11/h1-9,17H,10H2. The fraction of sp³-hybridized carbons (Fsp3) is 0.0667. The summed E-state index contributed by atoms with van der Waals surface area (Å²) in [5.41, 5.74) is 1.12. The Kier molecular flexibility index (Phi) is 3.22. The Labute approximate surface area is 115 Å². The Hall–Kier alpha value is -1.51. The van der Waals surface area contributed by atoms with Crippen molar-refractivity contribution in [1.29, 1.82) is 0 Å². The van der Waals surface area contributed by atoms with Gasteiger partial charge in [0.2, 0.25) is 0 Å². The molecule has 0 aliphatic rings. The van der Waals surface area contributed by atoms with Crippen LogP contribution in [0.3, 0.4) is 0 Å². The minimum absolute atomic E-state index is 0.766. The van der Waals surface area contributed by atoms with Gasteiger partial charge in [-0.3, -0.25) is 0 Å². The summed E-state index contributed by atoms with van der Waals surface area (Å²) >= 11 is 8.14. The fourth-order valence-electron chi connectivity index (χ4n) is 1.92. The zero-order chi connectivity index (χ0) is 12.4. The molecule has 1 nitrogen and oxygen atoms in total. The largest absolute Gasteiger partial charge is 0.380 e. The first-order chi connectivity index (χ1) is 8.84. The van der Waals surface area contributed by atoms with Gasteiger partial charge in [0.05, 0.1) is 11.6 Å². The molecule has 3 rings (SSSR count). The molecule has 18 heavy (non-hydrogen) atoms. The Morgan fingerprint density at radius 2 is 1.67 bits per heavy atom. The third kappa shape index (κ3) is 2.22. The van der Waals surface area contributed by atoms with Gasteiger partial charge in [-0.1, -0.05) is 48.0 Å². The van der Waals surface area contributed by atoms with Crippen LogP contribution in [0.2, 0.25) is 5.02 Å². The maximum Gasteiger partial charge on any atom is 0.0642 e. The van der Waals surface area contributed by atoms with Gasteiger partial charge >= 0.3 is 0 Å². The van der Waals surface area contributed by atoms with Gasteiger partial charge in [0.15, 0.2) is 0 Å². The van der Waals surface area contributed by atoms with E-state index in [1.54, 1.807) is 11.3 Å². The summed E-state index contributed by atoms with van der Waals surface area (Å²) in [5, 5.41) is 5.41. The van der Waals surface area contributed by atoms with Crippen LogP contribution < -0.4 is 5.32 Å². The molecule has 1 aromatic heterocycles. The van der Waals surface area contributed by atoms with Gasteiger partial charge in [0.25, 0.3) is 0 Å². The van der Waals surface area contributed by atoms with E-state index in [0.717, 1.165) is 22.6 Å². The average molecular weight is 274 g/mol. The van der Waals surface area contributed by atoms with Crippen molar-refractivity contribution in [3.63, 3.8) is 0 Å². The van der Waals surface area contributed by atoms with E-state index in [1.807, 2.05) is 30.3 Å². The van der Waals surface area contributed by atoms with E-state index < -0.39 is 0 Å². The maximum atomic E-state index is 6.39. The van der Waals surface area contributed by atoms with Crippen LogP contribution in [0.1, 0.15) is 4.88 Å². The molecule has 0 unspecified atom stereocenters. The lowest BCUT2D eigenvalue weighted by Gasteiger charge is -2.04. The third-order valence-electron chi connectivity index (χ3n) is 2.83. The van der Waals surface area contributed by atoms with E-state index in [4.69, 9.17) is 11.6 Å². The van der Waals surface area contributed by atoms with Crippen LogP contribution in [0.25, 0.3) is 10.1 Å². The Bertz CT molecular complexity index is 661. The number of para-hydroxylation sites is 1. The van der Waals surface area contributed by atoms with Crippen LogP contribution in [0.4, 0.5) is 5.69 Å². The summed E-state index contributed by atoms with van der Waals surface area (Å²) in [6, 6.07) is 18.4. The van der Waals surface area contributed by atoms with Crippen molar-refractivity contribution in [2.45, 2.75) is 6.54 Å². The minimum Gasteiger partial charge on any atom is -0.380 e. The molecule has 0 saturated carbocycles. The van der Waals surface area contributed by atoms with Gasteiger partial charge in [-0.2, -0.15) is 0 Å². The second-order valence-electron chi connectivity index (χ2n) is 4.05. The van der Waals surface area contributed by atoms with Crippen molar-refractivity contribution < 1.29 is 0 Å². The number of hydrogen-bond acceptors (Lipinski definition) is 2. The van der Waals surface area contributed by atoms with E-state index in [0.29, 0.717) is 0 Å². The maximum absolute atomic E-state index is 6.39. The predicted octanol–water partition coefficient (Wildman–Crippen LogP) is 5.17. The zero-order valence-corrected chi connectivity index (χ0v) is 11.3. The van der Waals surface area contributed by atoms with Crippen LogP contribution in [0, 0.1) is 0 Å². The first-order valence-corrected chi connectivity index (χ1v) is 6.99. The average Bonchev–Trinajstić information content (AvgIpc) is 2.75. The van der Waals surface area contributed by atoms with E-state index in [9.17, 15) is 0 Å². The van der Waals surface area contributed by atoms with Crippen LogP contribution in [-0.2, 0) is 6.54 Å². The number of fused-ring (bicyclic) bond motifs is 1. The molecule has 0 radical (unpaired) electrons. The molecule has 1 N–H and O–H groups in total. The molecule has 3 heteroatoms. The summed E-state index contributed by atoms with van der Waals surface area (Å²) in [7, 11) is 0. The molecule has 0 spiro atoms. The van der Waals surface area contributed by atoms with Crippen molar-refractivity contribution in [3.05, 3.63) is 64.5 Å². The number of halogens is 1. The molecule has 1 heterocycles. The molecule has 0 fully saturated rings. The van der Waals surface area contributed by atoms with E-state index in [2.05, 4.69) is 29.6 Å². The van der Waals surface area contributed by atoms with E-state index in [1.165, 1.54) is 9.58 Å². The van der Waals surface area contributed by atoms with E-state index >= 15 is 0 Å². The van der Waals surface area contributed by atoms with Crippen LogP contribution in [-0.4, -0.2) is 0 Å². The van der Waals surface area contributed by atoms with E-state index in [-0.39, 0.29) is 0 Å². The molecule has 2 aromatic carbocycles. The number of thiophene rings is 1. The highest BCUT2D eigenvalue weighted by Crippen LogP contribution is 2.35. The monoisotopic (exact) mass is 273 g/mol. The highest BCUT2D eigenvalue weighted by molar-refractivity contribution is 7.19. The second-order valence-corrected chi connectivity index (χ2v) is 5.57. The lowest BCUT2D eigenvalue weighted by Crippen LogP contribution is -1.97. The summed E-state index contributed by atoms with van der Waals surface area (Å²) in [6.07, 6.45) is 0. The molecule has 3 aromatic rings. The lowest BCUT2D eigenvalue weighted by atomic mass is 10.2. The first kappa shape index (κ1) is 11.6. The SMILES string of the molecule is Clc1c(CNc2ccccc2)sc2ccccc12. The minimum atomic E-state index is 0.766. The van der Waals surface area contributed by atoms with Gasteiger partial charge in [-0.05, 0) is 18.2 Å². The van der Waals surface area contributed by atoms with Gasteiger partial charge in [-0.25, -0.2) is 0 Å². The summed E-state index contributed by atoms with van der Waals surface area (Å²) < 4.78 is 1.24. The Morgan fingerprint density at radius 1 is 0.944 bits per heavy atom.